The highest BCUT2D eigenvalue weighted by Crippen LogP contribution is 2.20. The van der Waals surface area contributed by atoms with E-state index in [4.69, 9.17) is 0 Å². The van der Waals surface area contributed by atoms with Crippen molar-refractivity contribution in [2.75, 3.05) is 38.1 Å². The van der Waals surface area contributed by atoms with Gasteiger partial charge in [-0.05, 0) is 44.4 Å². The van der Waals surface area contributed by atoms with E-state index in [1.807, 2.05) is 49.6 Å². The Morgan fingerprint density at radius 2 is 1.93 bits per heavy atom. The summed E-state index contributed by atoms with van der Waals surface area (Å²) in [5.41, 5.74) is 1.52. The van der Waals surface area contributed by atoms with E-state index in [2.05, 4.69) is 15.6 Å². The Labute approximate surface area is 174 Å². The lowest BCUT2D eigenvalue weighted by atomic mass is 10.0. The van der Waals surface area contributed by atoms with Gasteiger partial charge in [0.15, 0.2) is 5.96 Å². The maximum atomic E-state index is 14.5. The predicted octanol–water partition coefficient (Wildman–Crippen LogP) is 2.98. The van der Waals surface area contributed by atoms with Gasteiger partial charge in [-0.25, -0.2) is 4.39 Å². The number of anilines is 1. The Balaban J connectivity index is 1.85. The summed E-state index contributed by atoms with van der Waals surface area (Å²) in [5, 5.41) is 6.69. The number of carbonyl (C=O) groups is 1. The summed E-state index contributed by atoms with van der Waals surface area (Å²) >= 11 is 0. The molecule has 2 N–H and O–H groups in total. The number of nitrogens with one attached hydrogen (secondary N) is 2. The number of rotatable bonds is 7. The van der Waals surface area contributed by atoms with Crippen LogP contribution in [-0.2, 0) is 11.3 Å². The summed E-state index contributed by atoms with van der Waals surface area (Å²) in [7, 11) is 1.73. The molecule has 0 atom stereocenters. The van der Waals surface area contributed by atoms with Gasteiger partial charge in [0, 0.05) is 51.7 Å². The monoisotopic (exact) mass is 405 g/mol. The Kier molecular flexibility index (Phi) is 8.73. The van der Waals surface area contributed by atoms with Crippen molar-refractivity contribution in [1.29, 1.82) is 0 Å². The Hall–Kier alpha value is -2.31. The molecule has 7 heteroatoms. The van der Waals surface area contributed by atoms with Crippen molar-refractivity contribution in [3.05, 3.63) is 29.6 Å². The highest BCUT2D eigenvalue weighted by molar-refractivity contribution is 5.80. The van der Waals surface area contributed by atoms with Crippen molar-refractivity contribution in [2.45, 2.75) is 53.1 Å². The van der Waals surface area contributed by atoms with Gasteiger partial charge in [-0.3, -0.25) is 9.79 Å². The minimum atomic E-state index is -0.196. The maximum absolute atomic E-state index is 14.5. The van der Waals surface area contributed by atoms with Crippen molar-refractivity contribution in [1.82, 2.24) is 15.5 Å². The van der Waals surface area contributed by atoms with Crippen molar-refractivity contribution in [3.8, 4) is 0 Å². The van der Waals surface area contributed by atoms with Crippen LogP contribution in [0.4, 0.5) is 10.1 Å². The van der Waals surface area contributed by atoms with Crippen LogP contribution in [0, 0.1) is 11.7 Å². The van der Waals surface area contributed by atoms with E-state index >= 15 is 0 Å². The molecule has 1 saturated heterocycles. The minimum absolute atomic E-state index is 0.0439. The van der Waals surface area contributed by atoms with Crippen LogP contribution in [0.25, 0.3) is 0 Å². The number of guanidine groups is 1. The summed E-state index contributed by atoms with van der Waals surface area (Å²) < 4.78 is 14.5. The number of hydrogen-bond acceptors (Lipinski definition) is 3. The summed E-state index contributed by atoms with van der Waals surface area (Å²) in [4.78, 5) is 20.3. The van der Waals surface area contributed by atoms with Gasteiger partial charge in [-0.15, -0.1) is 0 Å². The molecule has 0 aromatic heterocycles. The molecule has 29 heavy (non-hydrogen) atoms. The third-order valence-corrected chi connectivity index (χ3v) is 5.44. The summed E-state index contributed by atoms with van der Waals surface area (Å²) in [6.45, 7) is 11.5. The fraction of sp³-hybridized carbons (Fsp3) is 0.636. The highest BCUT2D eigenvalue weighted by atomic mass is 19.1. The second kappa shape index (κ2) is 11.0. The molecule has 0 spiro atoms. The molecule has 1 amide bonds. The van der Waals surface area contributed by atoms with Crippen molar-refractivity contribution >= 4 is 17.6 Å². The number of likely N-dealkylation sites (tertiary alicyclic amines) is 1. The molecule has 0 radical (unpaired) electrons. The molecule has 0 bridgehead atoms. The Morgan fingerprint density at radius 1 is 1.28 bits per heavy atom. The Bertz CT molecular complexity index is 694. The molecule has 0 saturated carbocycles. The first-order valence-corrected chi connectivity index (χ1v) is 10.7. The first kappa shape index (κ1) is 23.0. The summed E-state index contributed by atoms with van der Waals surface area (Å²) in [6.07, 6.45) is 1.79. The van der Waals surface area contributed by atoms with Crippen LogP contribution < -0.4 is 15.5 Å². The van der Waals surface area contributed by atoms with Crippen LogP contribution in [0.1, 0.15) is 46.1 Å². The molecular formula is C22H36FN5O. The molecule has 1 aliphatic rings. The van der Waals surface area contributed by atoms with E-state index in [1.165, 1.54) is 0 Å². The molecular weight excluding hydrogens is 369 g/mol. The van der Waals surface area contributed by atoms with E-state index in [0.717, 1.165) is 44.6 Å². The zero-order valence-corrected chi connectivity index (χ0v) is 18.5. The smallest absolute Gasteiger partial charge is 0.225 e. The molecule has 0 aliphatic carbocycles. The van der Waals surface area contributed by atoms with Gasteiger partial charge in [0.05, 0.1) is 5.69 Å². The zero-order chi connectivity index (χ0) is 21.4. The molecule has 1 heterocycles. The fourth-order valence-electron chi connectivity index (χ4n) is 3.66. The molecule has 1 aromatic rings. The number of hydrogen-bond donors (Lipinski definition) is 2. The Morgan fingerprint density at radius 3 is 2.45 bits per heavy atom. The second-order valence-electron chi connectivity index (χ2n) is 7.78. The van der Waals surface area contributed by atoms with E-state index in [9.17, 15) is 9.18 Å². The van der Waals surface area contributed by atoms with E-state index in [-0.39, 0.29) is 23.7 Å². The first-order chi connectivity index (χ1) is 13.9. The molecule has 6 nitrogen and oxygen atoms in total. The average Bonchev–Trinajstić information content (AvgIpc) is 2.73. The third kappa shape index (κ3) is 6.34. The van der Waals surface area contributed by atoms with Crippen molar-refractivity contribution in [2.24, 2.45) is 10.9 Å². The fourth-order valence-corrected chi connectivity index (χ4v) is 3.66. The van der Waals surface area contributed by atoms with Gasteiger partial charge in [0.2, 0.25) is 5.91 Å². The number of halogens is 1. The predicted molar refractivity (Wildman–Crippen MR) is 118 cm³/mol. The molecule has 0 unspecified atom stereocenters. The van der Waals surface area contributed by atoms with Crippen LogP contribution in [0.5, 0.6) is 0 Å². The van der Waals surface area contributed by atoms with E-state index in [0.29, 0.717) is 18.2 Å². The average molecular weight is 406 g/mol. The van der Waals surface area contributed by atoms with E-state index in [1.54, 1.807) is 13.1 Å². The van der Waals surface area contributed by atoms with Gasteiger partial charge in [-0.2, -0.15) is 0 Å². The molecule has 1 fully saturated rings. The SMILES string of the molecule is CCN(CC)c1ccc(CNC(=NC)NC2CCN(C(=O)C(C)C)CC2)cc1F. The lowest BCUT2D eigenvalue weighted by Gasteiger charge is -2.34. The second-order valence-corrected chi connectivity index (χ2v) is 7.78. The van der Waals surface area contributed by atoms with Gasteiger partial charge in [-0.1, -0.05) is 19.9 Å². The van der Waals surface area contributed by atoms with Gasteiger partial charge < -0.3 is 20.4 Å². The molecule has 162 valence electrons. The standard InChI is InChI=1S/C22H36FN5O/c1-6-27(7-2)20-9-8-17(14-19(20)23)15-25-22(24-5)26-18-10-12-28(13-11-18)21(29)16(3)4/h8-9,14,16,18H,6-7,10-13,15H2,1-5H3,(H2,24,25,26). The minimum Gasteiger partial charge on any atom is -0.370 e. The largest absolute Gasteiger partial charge is 0.370 e. The van der Waals surface area contributed by atoms with Crippen LogP contribution in [0.15, 0.2) is 23.2 Å². The lowest BCUT2D eigenvalue weighted by Crippen LogP contribution is -2.50. The number of carbonyl (C=O) groups excluding carboxylic acids is 1. The zero-order valence-electron chi connectivity index (χ0n) is 18.5. The topological polar surface area (TPSA) is 60.0 Å². The molecule has 1 aliphatic heterocycles. The third-order valence-electron chi connectivity index (χ3n) is 5.44. The van der Waals surface area contributed by atoms with E-state index < -0.39 is 0 Å². The number of amides is 1. The quantitative estimate of drug-likeness (QED) is 0.541. The normalized spacial score (nSPS) is 15.6. The molecule has 1 aromatic carbocycles. The van der Waals surface area contributed by atoms with Crippen molar-refractivity contribution < 1.29 is 9.18 Å². The number of benzene rings is 1. The first-order valence-electron chi connectivity index (χ1n) is 10.7. The van der Waals surface area contributed by atoms with Crippen LogP contribution in [-0.4, -0.2) is 56.0 Å². The van der Waals surface area contributed by atoms with Crippen LogP contribution in [0.3, 0.4) is 0 Å². The lowest BCUT2D eigenvalue weighted by molar-refractivity contribution is -0.135. The maximum Gasteiger partial charge on any atom is 0.225 e. The summed E-state index contributed by atoms with van der Waals surface area (Å²) in [5.74, 6) is 0.772. The van der Waals surface area contributed by atoms with Gasteiger partial charge >= 0.3 is 0 Å². The number of nitrogens with zero attached hydrogens (tertiary/aromatic N) is 3. The van der Waals surface area contributed by atoms with Crippen LogP contribution >= 0.6 is 0 Å². The molecule has 2 rings (SSSR count). The van der Waals surface area contributed by atoms with Gasteiger partial charge in [0.1, 0.15) is 5.82 Å². The van der Waals surface area contributed by atoms with Gasteiger partial charge in [0.25, 0.3) is 0 Å². The summed E-state index contributed by atoms with van der Waals surface area (Å²) in [6, 6.07) is 5.66. The van der Waals surface area contributed by atoms with Crippen molar-refractivity contribution in [3.63, 3.8) is 0 Å². The van der Waals surface area contributed by atoms with Crippen LogP contribution in [0.2, 0.25) is 0 Å². The number of aliphatic imine (C=N–C) groups is 1. The highest BCUT2D eigenvalue weighted by Gasteiger charge is 2.24. The number of piperidine rings is 1.